The van der Waals surface area contributed by atoms with Gasteiger partial charge in [0.25, 0.3) is 0 Å². The molecule has 1 aliphatic carbocycles. The highest BCUT2D eigenvalue weighted by Crippen LogP contribution is 2.36. The van der Waals surface area contributed by atoms with Gasteiger partial charge in [-0.2, -0.15) is 4.31 Å². The van der Waals surface area contributed by atoms with Gasteiger partial charge in [-0.15, -0.1) is 0 Å². The molecule has 6 rings (SSSR count). The van der Waals surface area contributed by atoms with Crippen molar-refractivity contribution in [2.75, 3.05) is 38.1 Å². The number of anilines is 1. The van der Waals surface area contributed by atoms with Gasteiger partial charge >= 0.3 is 0 Å². The number of piperidine rings is 1. The molecule has 0 bridgehead atoms. The molecule has 1 atom stereocenters. The Morgan fingerprint density at radius 3 is 2.45 bits per heavy atom. The van der Waals surface area contributed by atoms with Crippen LogP contribution in [0.3, 0.4) is 0 Å². The summed E-state index contributed by atoms with van der Waals surface area (Å²) in [5, 5.41) is 3.17. The Hall–Kier alpha value is -3.04. The third-order valence-electron chi connectivity index (χ3n) is 9.18. The summed E-state index contributed by atoms with van der Waals surface area (Å²) in [4.78, 5) is 15.5. The summed E-state index contributed by atoms with van der Waals surface area (Å²) in [6.07, 6.45) is 6.42. The summed E-state index contributed by atoms with van der Waals surface area (Å²) < 4.78 is 36.3. The van der Waals surface area contributed by atoms with Gasteiger partial charge in [-0.3, -0.25) is 9.69 Å². The number of benzene rings is 3. The van der Waals surface area contributed by atoms with E-state index in [-0.39, 0.29) is 11.9 Å². The van der Waals surface area contributed by atoms with Gasteiger partial charge in [0.1, 0.15) is 0 Å². The first-order chi connectivity index (χ1) is 20.3. The second kappa shape index (κ2) is 12.3. The minimum atomic E-state index is -3.72. The molecule has 3 aromatic carbocycles. The van der Waals surface area contributed by atoms with Crippen LogP contribution in [0.25, 0.3) is 0 Å². The van der Waals surface area contributed by atoms with E-state index < -0.39 is 15.6 Å². The van der Waals surface area contributed by atoms with E-state index in [1.807, 2.05) is 61.5 Å². The zero-order valence-corrected chi connectivity index (χ0v) is 25.2. The van der Waals surface area contributed by atoms with Crippen LogP contribution in [0.15, 0.2) is 77.7 Å². The van der Waals surface area contributed by atoms with Crippen LogP contribution in [0.1, 0.15) is 47.9 Å². The highest BCUT2D eigenvalue weighted by atomic mass is 32.2. The minimum absolute atomic E-state index is 0.000913. The molecule has 2 fully saturated rings. The molecule has 3 aliphatic rings. The third kappa shape index (κ3) is 6.32. The lowest BCUT2D eigenvalue weighted by molar-refractivity contribution is -0.139. The molecule has 2 saturated heterocycles. The average molecular weight is 588 g/mol. The fourth-order valence-corrected chi connectivity index (χ4v) is 8.38. The molecule has 0 aromatic heterocycles. The quantitative estimate of drug-likeness (QED) is 0.422. The molecule has 7 nitrogen and oxygen atoms in total. The minimum Gasteiger partial charge on any atom is -0.372 e. The molecule has 1 amide bonds. The van der Waals surface area contributed by atoms with Crippen LogP contribution < -0.4 is 5.32 Å². The van der Waals surface area contributed by atoms with Crippen molar-refractivity contribution in [3.63, 3.8) is 0 Å². The van der Waals surface area contributed by atoms with Crippen molar-refractivity contribution in [2.24, 2.45) is 0 Å². The van der Waals surface area contributed by atoms with Crippen LogP contribution in [-0.4, -0.2) is 68.0 Å². The first kappa shape index (κ1) is 29.1. The van der Waals surface area contributed by atoms with Gasteiger partial charge in [0.2, 0.25) is 15.9 Å². The number of amides is 1. The summed E-state index contributed by atoms with van der Waals surface area (Å²) in [5.74, 6) is 0.000913. The number of nitrogens with zero attached hydrogens (tertiary/aromatic N) is 2. The third-order valence-corrected chi connectivity index (χ3v) is 11.1. The number of carbonyl (C=O) groups is 1. The van der Waals surface area contributed by atoms with Crippen LogP contribution >= 0.6 is 0 Å². The number of carbonyl (C=O) groups excluding carboxylic acids is 1. The summed E-state index contributed by atoms with van der Waals surface area (Å²) in [6.45, 7) is 4.31. The zero-order chi connectivity index (χ0) is 29.2. The summed E-state index contributed by atoms with van der Waals surface area (Å²) >= 11 is 0. The summed E-state index contributed by atoms with van der Waals surface area (Å²) in [6, 6.07) is 23.1. The van der Waals surface area contributed by atoms with Gasteiger partial charge in [0.15, 0.2) is 0 Å². The van der Waals surface area contributed by atoms with E-state index in [0.29, 0.717) is 56.9 Å². The highest BCUT2D eigenvalue weighted by molar-refractivity contribution is 7.89. The van der Waals surface area contributed by atoms with E-state index in [2.05, 4.69) is 16.3 Å². The molecule has 3 aromatic rings. The number of ether oxygens (including phenoxy) is 1. The number of rotatable bonds is 7. The van der Waals surface area contributed by atoms with Gasteiger partial charge < -0.3 is 10.1 Å². The molecule has 1 N–H and O–H groups in total. The molecule has 42 heavy (non-hydrogen) atoms. The Morgan fingerprint density at radius 2 is 1.69 bits per heavy atom. The number of hydrogen-bond acceptors (Lipinski definition) is 5. The number of likely N-dealkylation sites (tertiary alicyclic amines) is 1. The number of fused-ring (bicyclic) bond motifs is 1. The van der Waals surface area contributed by atoms with Gasteiger partial charge in [-0.1, -0.05) is 60.2 Å². The molecule has 8 heteroatoms. The van der Waals surface area contributed by atoms with E-state index in [1.54, 1.807) is 16.4 Å². The van der Waals surface area contributed by atoms with E-state index in [4.69, 9.17) is 4.74 Å². The zero-order valence-electron chi connectivity index (χ0n) is 24.4. The molecule has 2 heterocycles. The maximum Gasteiger partial charge on any atom is 0.243 e. The lowest BCUT2D eigenvalue weighted by Gasteiger charge is -2.49. The van der Waals surface area contributed by atoms with Gasteiger partial charge in [0.05, 0.1) is 29.7 Å². The van der Waals surface area contributed by atoms with Crippen molar-refractivity contribution in [3.05, 3.63) is 95.1 Å². The van der Waals surface area contributed by atoms with Crippen LogP contribution in [-0.2, 0) is 38.8 Å². The van der Waals surface area contributed by atoms with E-state index in [1.165, 1.54) is 17.5 Å². The highest BCUT2D eigenvalue weighted by Gasteiger charge is 2.47. The first-order valence-electron chi connectivity index (χ1n) is 15.2. The Labute approximate surface area is 249 Å². The molecular weight excluding hydrogens is 546 g/mol. The first-order valence-corrected chi connectivity index (χ1v) is 16.6. The lowest BCUT2D eigenvalue weighted by atomic mass is 9.88. The largest absolute Gasteiger partial charge is 0.372 e. The summed E-state index contributed by atoms with van der Waals surface area (Å²) in [7, 11) is -3.72. The van der Waals surface area contributed by atoms with Crippen LogP contribution in [0.4, 0.5) is 5.69 Å². The van der Waals surface area contributed by atoms with E-state index >= 15 is 0 Å². The maximum absolute atomic E-state index is 14.0. The van der Waals surface area contributed by atoms with E-state index in [9.17, 15) is 13.2 Å². The van der Waals surface area contributed by atoms with Crippen molar-refractivity contribution < 1.29 is 17.9 Å². The second-order valence-corrected chi connectivity index (χ2v) is 14.1. The topological polar surface area (TPSA) is 79.0 Å². The smallest absolute Gasteiger partial charge is 0.243 e. The number of sulfonamides is 1. The number of nitrogens with one attached hydrogen (secondary N) is 1. The molecule has 1 spiro atoms. The van der Waals surface area contributed by atoms with Gasteiger partial charge in [0, 0.05) is 25.3 Å². The number of hydrogen-bond donors (Lipinski definition) is 1. The molecule has 0 radical (unpaired) electrons. The maximum atomic E-state index is 14.0. The van der Waals surface area contributed by atoms with Crippen molar-refractivity contribution in [3.8, 4) is 0 Å². The van der Waals surface area contributed by atoms with Gasteiger partial charge in [-0.05, 0) is 86.8 Å². The Balaban J connectivity index is 1.13. The second-order valence-electron chi connectivity index (χ2n) is 12.2. The average Bonchev–Trinajstić information content (AvgIpc) is 3.00. The fraction of sp³-hybridized carbons (Fsp3) is 0.441. The predicted octanol–water partition coefficient (Wildman–Crippen LogP) is 4.98. The molecular formula is C34H41N3O4S. The Kier molecular flexibility index (Phi) is 8.50. The Bertz CT molecular complexity index is 1500. The van der Waals surface area contributed by atoms with Crippen molar-refractivity contribution in [2.45, 2.75) is 68.4 Å². The predicted molar refractivity (Wildman–Crippen MR) is 165 cm³/mol. The molecule has 0 saturated carbocycles. The molecule has 222 valence electrons. The number of morpholine rings is 1. The molecule has 0 unspecified atom stereocenters. The summed E-state index contributed by atoms with van der Waals surface area (Å²) in [5.41, 5.74) is 5.14. The molecule has 2 aliphatic heterocycles. The fourth-order valence-electron chi connectivity index (χ4n) is 6.70. The Morgan fingerprint density at radius 1 is 0.952 bits per heavy atom. The van der Waals surface area contributed by atoms with Crippen LogP contribution in [0.2, 0.25) is 0 Å². The van der Waals surface area contributed by atoms with Gasteiger partial charge in [-0.25, -0.2) is 8.42 Å². The van der Waals surface area contributed by atoms with Crippen molar-refractivity contribution in [1.82, 2.24) is 9.21 Å². The van der Waals surface area contributed by atoms with E-state index in [0.717, 1.165) is 36.1 Å². The van der Waals surface area contributed by atoms with Crippen molar-refractivity contribution in [1.29, 1.82) is 0 Å². The van der Waals surface area contributed by atoms with Crippen LogP contribution in [0.5, 0.6) is 0 Å². The SMILES string of the molecule is Cc1ccc(S(=O)(=O)N2CC3(CCN(CC(=O)Nc4cccc5c4CCCC5)CC3)OC[C@H]2Cc2ccccc2)cc1. The number of aryl methyl sites for hydroxylation is 2. The lowest BCUT2D eigenvalue weighted by Crippen LogP contribution is -2.62. The van der Waals surface area contributed by atoms with Crippen LogP contribution in [0, 0.1) is 6.92 Å². The monoisotopic (exact) mass is 587 g/mol. The standard InChI is InChI=1S/C34H41N3O4S/c1-26-14-16-30(17-15-26)42(39,40)37-25-34(41-24-29(37)22-27-8-3-2-4-9-27)18-20-36(21-19-34)23-33(38)35-32-13-7-11-28-10-5-6-12-31(28)32/h2-4,7-9,11,13-17,29H,5-6,10,12,18-25H2,1H3,(H,35,38)/t29-/m1/s1. The normalized spacial score (nSPS) is 21.1. The van der Waals surface area contributed by atoms with Crippen molar-refractivity contribution >= 4 is 21.6 Å².